The molecule has 4 heterocycles. The smallest absolute Gasteiger partial charge is 0.407 e. The van der Waals surface area contributed by atoms with E-state index >= 15 is 0 Å². The van der Waals surface area contributed by atoms with Crippen LogP contribution in [0.5, 0.6) is 0 Å². The zero-order valence-corrected chi connectivity index (χ0v) is 35.8. The Morgan fingerprint density at radius 1 is 1.00 bits per heavy atom. The summed E-state index contributed by atoms with van der Waals surface area (Å²) in [6.45, 7) is 18.3. The first kappa shape index (κ1) is 46.7. The van der Waals surface area contributed by atoms with Crippen LogP contribution in [0, 0.1) is 23.7 Å². The number of cyclic esters (lactones) is 1. The number of methoxy groups -OCH3 is 1. The first-order chi connectivity index (χ1) is 26.0. The van der Waals surface area contributed by atoms with Gasteiger partial charge in [-0.05, 0) is 80.8 Å². The van der Waals surface area contributed by atoms with Crippen LogP contribution in [0.2, 0.25) is 0 Å². The number of likely N-dealkylation sites (N-methyl/N-ethyl adjacent to an activating group) is 1. The highest BCUT2D eigenvalue weighted by Gasteiger charge is 2.59. The predicted molar refractivity (Wildman–Crippen MR) is 204 cm³/mol. The van der Waals surface area contributed by atoms with Gasteiger partial charge in [-0.25, -0.2) is 4.79 Å². The zero-order chi connectivity index (χ0) is 42.1. The van der Waals surface area contributed by atoms with Gasteiger partial charge in [0, 0.05) is 44.5 Å². The third kappa shape index (κ3) is 9.72. The number of rotatable bonds is 10. The van der Waals surface area contributed by atoms with Crippen molar-refractivity contribution in [3.05, 3.63) is 0 Å². The number of nitrogens with zero attached hydrogens (tertiary/aromatic N) is 1. The number of fused-ring (bicyclic) bond motifs is 2. The molecule has 4 saturated heterocycles. The van der Waals surface area contributed by atoms with Crippen molar-refractivity contribution in [3.8, 4) is 0 Å². The fourth-order valence-electron chi connectivity index (χ4n) is 9.55. The van der Waals surface area contributed by atoms with E-state index in [0.717, 1.165) is 0 Å². The van der Waals surface area contributed by atoms with E-state index < -0.39 is 102 Å². The van der Waals surface area contributed by atoms with E-state index in [9.17, 15) is 24.6 Å². The Balaban J connectivity index is 1.78. The number of Topliss-reactive ketones (excluding diaryl/α,β-unsaturated/α-hetero) is 1. The first-order valence-corrected chi connectivity index (χ1v) is 20.4. The normalized spacial score (nSPS) is 46.7. The highest BCUT2D eigenvalue weighted by atomic mass is 16.7. The molecule has 16 heteroatoms. The molecule has 18 atom stereocenters. The Hall–Kier alpha value is -1.99. The SMILES string of the molecule is CC[C@H]1OC(=O)[C@H](C)[C@@H](O[C@H]2C[C@@](C)(OC)[C@@H](OC(=O)NCCN)[C@H](C)O2)[C@H](C)[C@@H](O[C@@H]2O[C@H](C)C[C@H](N(C)C)[C@H]2O)[C@](C)(O)C[C@@H](C)C2OC1(C)C(=O)[C@H]2C. The molecule has 4 fully saturated rings. The minimum atomic E-state index is -1.64. The van der Waals surface area contributed by atoms with Crippen molar-refractivity contribution in [2.24, 2.45) is 29.4 Å². The zero-order valence-electron chi connectivity index (χ0n) is 35.8. The molecule has 4 aliphatic rings. The molecule has 1 amide bonds. The maximum Gasteiger partial charge on any atom is 0.407 e. The summed E-state index contributed by atoms with van der Waals surface area (Å²) in [5.41, 5.74) is 1.42. The summed E-state index contributed by atoms with van der Waals surface area (Å²) < 4.78 is 50.6. The van der Waals surface area contributed by atoms with Gasteiger partial charge in [0.15, 0.2) is 30.1 Å². The Morgan fingerprint density at radius 3 is 2.25 bits per heavy atom. The number of hydrogen-bond donors (Lipinski definition) is 4. The number of hydrogen-bond acceptors (Lipinski definition) is 15. The second kappa shape index (κ2) is 18.5. The van der Waals surface area contributed by atoms with E-state index in [4.69, 9.17) is 43.6 Å². The van der Waals surface area contributed by atoms with Crippen molar-refractivity contribution in [1.29, 1.82) is 0 Å². The van der Waals surface area contributed by atoms with Crippen LogP contribution < -0.4 is 11.1 Å². The van der Waals surface area contributed by atoms with Crippen molar-refractivity contribution in [2.75, 3.05) is 34.3 Å². The highest BCUT2D eigenvalue weighted by Crippen LogP contribution is 2.45. The number of ether oxygens (including phenoxy) is 8. The minimum Gasteiger partial charge on any atom is -0.459 e. The van der Waals surface area contributed by atoms with E-state index in [1.807, 2.05) is 53.6 Å². The minimum absolute atomic E-state index is 0.0939. The molecule has 0 saturated carbocycles. The number of carbonyl (C=O) groups is 3. The Kier molecular flexibility index (Phi) is 15.4. The largest absolute Gasteiger partial charge is 0.459 e. The molecular weight excluding hydrogens is 730 g/mol. The molecule has 4 rings (SSSR count). The molecule has 5 N–H and O–H groups in total. The Bertz CT molecular complexity index is 1350. The lowest BCUT2D eigenvalue weighted by Crippen LogP contribution is -2.61. The molecule has 56 heavy (non-hydrogen) atoms. The Morgan fingerprint density at radius 2 is 1.66 bits per heavy atom. The molecule has 0 aromatic rings. The van der Waals surface area contributed by atoms with Crippen LogP contribution in [-0.4, -0.2) is 152 Å². The van der Waals surface area contributed by atoms with Gasteiger partial charge in [0.1, 0.15) is 17.8 Å². The second-order valence-electron chi connectivity index (χ2n) is 17.6. The van der Waals surface area contributed by atoms with Crippen LogP contribution in [-0.2, 0) is 47.5 Å². The topological polar surface area (TPSA) is 207 Å². The lowest BCUT2D eigenvalue weighted by Gasteiger charge is -2.49. The summed E-state index contributed by atoms with van der Waals surface area (Å²) in [4.78, 5) is 42.8. The van der Waals surface area contributed by atoms with E-state index in [1.54, 1.807) is 34.6 Å². The average molecular weight is 802 g/mol. The van der Waals surface area contributed by atoms with Crippen LogP contribution >= 0.6 is 0 Å². The summed E-state index contributed by atoms with van der Waals surface area (Å²) in [6.07, 6.45) is -8.19. The van der Waals surface area contributed by atoms with Gasteiger partial charge in [-0.1, -0.05) is 27.7 Å². The number of alkyl carbamates (subject to hydrolysis) is 1. The van der Waals surface area contributed by atoms with Crippen LogP contribution in [0.3, 0.4) is 0 Å². The van der Waals surface area contributed by atoms with Gasteiger partial charge in [-0.3, -0.25) is 9.59 Å². The van der Waals surface area contributed by atoms with Crippen molar-refractivity contribution in [1.82, 2.24) is 10.2 Å². The predicted octanol–water partition coefficient (Wildman–Crippen LogP) is 2.52. The number of esters is 1. The third-order valence-electron chi connectivity index (χ3n) is 12.7. The molecule has 2 unspecified atom stereocenters. The van der Waals surface area contributed by atoms with E-state index in [1.165, 1.54) is 7.11 Å². The standard InChI is InChI=1S/C40H71N3O13/c1-14-27-40(10)32(45)22(4)30(56-40)20(2)18-38(8,48)33(54-36-29(44)26(43(11)12)17-21(3)50-36)23(5)31(24(6)35(46)52-27)53-28-19-39(9,49-13)34(25(7)51-28)55-37(47)42-16-15-41/h20-31,33-34,36,44,48H,14-19,41H2,1-13H3,(H,42,47)/t20-,21-,22+,23+,24-,25+,26+,27-,28+,29-,30?,31+,33-,34+,36+,38-,39-,40?/m1/s1. The molecular formula is C40H71N3O13. The number of amides is 1. The fourth-order valence-corrected chi connectivity index (χ4v) is 9.55. The van der Waals surface area contributed by atoms with Gasteiger partial charge in [0.05, 0.1) is 42.0 Å². The van der Waals surface area contributed by atoms with Gasteiger partial charge >= 0.3 is 12.1 Å². The molecule has 0 aliphatic carbocycles. The van der Waals surface area contributed by atoms with Crippen LogP contribution in [0.25, 0.3) is 0 Å². The summed E-state index contributed by atoms with van der Waals surface area (Å²) in [5.74, 6) is -3.46. The lowest BCUT2D eigenvalue weighted by atomic mass is 9.75. The number of aliphatic hydroxyl groups is 2. The summed E-state index contributed by atoms with van der Waals surface area (Å²) in [7, 11) is 5.26. The Labute approximate surface area is 333 Å². The number of nitrogens with two attached hydrogens (primary N) is 1. The molecule has 16 nitrogen and oxygen atoms in total. The van der Waals surface area contributed by atoms with Crippen LogP contribution in [0.4, 0.5) is 4.79 Å². The van der Waals surface area contributed by atoms with E-state index in [0.29, 0.717) is 12.8 Å². The fraction of sp³-hybridized carbons (Fsp3) is 0.925. The lowest BCUT2D eigenvalue weighted by molar-refractivity contribution is -0.317. The molecule has 0 aromatic carbocycles. The highest BCUT2D eigenvalue weighted by molar-refractivity contribution is 5.92. The van der Waals surface area contributed by atoms with Gasteiger partial charge in [0.2, 0.25) is 0 Å². The summed E-state index contributed by atoms with van der Waals surface area (Å²) in [6, 6.07) is -0.294. The first-order valence-electron chi connectivity index (χ1n) is 20.4. The molecule has 4 aliphatic heterocycles. The van der Waals surface area contributed by atoms with Crippen molar-refractivity contribution in [2.45, 2.75) is 179 Å². The van der Waals surface area contributed by atoms with Crippen LogP contribution in [0.15, 0.2) is 0 Å². The number of carbonyl (C=O) groups excluding carboxylic acids is 3. The maximum atomic E-state index is 14.3. The number of nitrogens with one attached hydrogen (secondary N) is 1. The van der Waals surface area contributed by atoms with E-state index in [-0.39, 0.29) is 49.8 Å². The summed E-state index contributed by atoms with van der Waals surface area (Å²) >= 11 is 0. The molecule has 0 aromatic heterocycles. The monoisotopic (exact) mass is 801 g/mol. The molecule has 0 spiro atoms. The third-order valence-corrected chi connectivity index (χ3v) is 12.7. The molecule has 324 valence electrons. The van der Waals surface area contributed by atoms with Gasteiger partial charge < -0.3 is 64.1 Å². The van der Waals surface area contributed by atoms with Gasteiger partial charge in [-0.2, -0.15) is 0 Å². The van der Waals surface area contributed by atoms with Crippen molar-refractivity contribution >= 4 is 17.8 Å². The second-order valence-corrected chi connectivity index (χ2v) is 17.6. The maximum absolute atomic E-state index is 14.3. The van der Waals surface area contributed by atoms with E-state index in [2.05, 4.69) is 5.32 Å². The van der Waals surface area contributed by atoms with Crippen molar-refractivity contribution in [3.63, 3.8) is 0 Å². The average Bonchev–Trinajstić information content (AvgIpc) is 3.36. The number of ketones is 1. The molecule has 2 bridgehead atoms. The summed E-state index contributed by atoms with van der Waals surface area (Å²) in [5, 5.41) is 26.8. The number of aliphatic hydroxyl groups excluding tert-OH is 1. The van der Waals surface area contributed by atoms with Crippen molar-refractivity contribution < 1.29 is 62.5 Å². The quantitative estimate of drug-likeness (QED) is 0.234. The van der Waals surface area contributed by atoms with Gasteiger partial charge in [-0.15, -0.1) is 0 Å². The van der Waals surface area contributed by atoms with Crippen LogP contribution in [0.1, 0.15) is 94.9 Å². The molecule has 0 radical (unpaired) electrons. The van der Waals surface area contributed by atoms with Gasteiger partial charge in [0.25, 0.3) is 0 Å².